The van der Waals surface area contributed by atoms with Gasteiger partial charge in [0, 0.05) is 19.1 Å². The number of carboxylic acid groups (broad SMARTS) is 1. The van der Waals surface area contributed by atoms with Crippen LogP contribution in [0.4, 0.5) is 0 Å². The molecule has 0 aromatic rings. The summed E-state index contributed by atoms with van der Waals surface area (Å²) in [7, 11) is 0. The van der Waals surface area contributed by atoms with Gasteiger partial charge in [-0.2, -0.15) is 0 Å². The van der Waals surface area contributed by atoms with E-state index in [0.717, 1.165) is 19.4 Å². The van der Waals surface area contributed by atoms with Crippen LogP contribution in [0, 0.1) is 11.8 Å². The summed E-state index contributed by atoms with van der Waals surface area (Å²) in [6.45, 7) is 12.2. The van der Waals surface area contributed by atoms with E-state index in [0.29, 0.717) is 18.5 Å². The molecule has 0 aliphatic rings. The summed E-state index contributed by atoms with van der Waals surface area (Å²) in [5.41, 5.74) is 0. The largest absolute Gasteiger partial charge is 0.481 e. The first-order valence-electron chi connectivity index (χ1n) is 6.39. The molecule has 0 rings (SSSR count). The summed E-state index contributed by atoms with van der Waals surface area (Å²) in [5.74, 6) is -0.388. The van der Waals surface area contributed by atoms with Crippen molar-refractivity contribution in [3.05, 3.63) is 0 Å². The van der Waals surface area contributed by atoms with Gasteiger partial charge in [-0.25, -0.2) is 0 Å². The van der Waals surface area contributed by atoms with Gasteiger partial charge in [-0.1, -0.05) is 34.6 Å². The Kier molecular flexibility index (Phi) is 7.39. The van der Waals surface area contributed by atoms with Crippen molar-refractivity contribution in [3.8, 4) is 0 Å². The molecule has 16 heavy (non-hydrogen) atoms. The molecule has 1 atom stereocenters. The third-order valence-electron chi connectivity index (χ3n) is 2.99. The highest BCUT2D eigenvalue weighted by Crippen LogP contribution is 2.14. The van der Waals surface area contributed by atoms with Crippen LogP contribution in [0.3, 0.4) is 0 Å². The van der Waals surface area contributed by atoms with Crippen molar-refractivity contribution in [3.63, 3.8) is 0 Å². The number of carbonyl (C=O) groups is 1. The highest BCUT2D eigenvalue weighted by Gasteiger charge is 2.21. The number of aliphatic carboxylic acids is 1. The molecule has 96 valence electrons. The molecule has 0 aromatic heterocycles. The minimum absolute atomic E-state index is 0.278. The standard InChI is InChI=1S/C13H27NO2/c1-6-12(7-2)14(8-10(3)4)9-11(5)13(15)16/h10-12H,6-9H2,1-5H3,(H,15,16). The second-order valence-corrected chi connectivity index (χ2v) is 5.06. The third-order valence-corrected chi connectivity index (χ3v) is 2.99. The van der Waals surface area contributed by atoms with Crippen molar-refractivity contribution in [2.75, 3.05) is 13.1 Å². The lowest BCUT2D eigenvalue weighted by molar-refractivity contribution is -0.142. The second-order valence-electron chi connectivity index (χ2n) is 5.06. The van der Waals surface area contributed by atoms with Gasteiger partial charge in [0.05, 0.1) is 5.92 Å². The van der Waals surface area contributed by atoms with Crippen LogP contribution in [-0.4, -0.2) is 35.1 Å². The minimum Gasteiger partial charge on any atom is -0.481 e. The molecule has 3 nitrogen and oxygen atoms in total. The summed E-state index contributed by atoms with van der Waals surface area (Å²) >= 11 is 0. The van der Waals surface area contributed by atoms with Gasteiger partial charge in [0.25, 0.3) is 0 Å². The Bertz CT molecular complexity index is 200. The quantitative estimate of drug-likeness (QED) is 0.695. The van der Waals surface area contributed by atoms with Gasteiger partial charge >= 0.3 is 5.97 Å². The molecule has 1 N–H and O–H groups in total. The molecule has 1 unspecified atom stereocenters. The zero-order chi connectivity index (χ0) is 12.7. The van der Waals surface area contributed by atoms with Crippen molar-refractivity contribution in [1.29, 1.82) is 0 Å². The van der Waals surface area contributed by atoms with E-state index in [1.165, 1.54) is 0 Å². The van der Waals surface area contributed by atoms with Crippen molar-refractivity contribution in [2.45, 2.75) is 53.5 Å². The van der Waals surface area contributed by atoms with Crippen molar-refractivity contribution < 1.29 is 9.90 Å². The van der Waals surface area contributed by atoms with Crippen LogP contribution in [0.15, 0.2) is 0 Å². The molecule has 0 aliphatic carbocycles. The number of nitrogens with zero attached hydrogens (tertiary/aromatic N) is 1. The molecule has 0 saturated carbocycles. The molecular formula is C13H27NO2. The molecular weight excluding hydrogens is 202 g/mol. The average Bonchev–Trinajstić information content (AvgIpc) is 2.18. The normalized spacial score (nSPS) is 13.8. The Morgan fingerprint density at radius 3 is 1.94 bits per heavy atom. The van der Waals surface area contributed by atoms with Gasteiger partial charge in [-0.3, -0.25) is 9.69 Å². The molecule has 3 heteroatoms. The number of hydrogen-bond acceptors (Lipinski definition) is 2. The predicted molar refractivity (Wildman–Crippen MR) is 67.6 cm³/mol. The van der Waals surface area contributed by atoms with Gasteiger partial charge in [-0.05, 0) is 18.8 Å². The zero-order valence-corrected chi connectivity index (χ0v) is 11.4. The highest BCUT2D eigenvalue weighted by atomic mass is 16.4. The van der Waals surface area contributed by atoms with Gasteiger partial charge < -0.3 is 5.11 Å². The van der Waals surface area contributed by atoms with Crippen LogP contribution in [-0.2, 0) is 4.79 Å². The first kappa shape index (κ1) is 15.4. The molecule has 0 bridgehead atoms. The van der Waals surface area contributed by atoms with Crippen LogP contribution < -0.4 is 0 Å². The maximum absolute atomic E-state index is 10.9. The zero-order valence-electron chi connectivity index (χ0n) is 11.4. The Morgan fingerprint density at radius 2 is 1.62 bits per heavy atom. The summed E-state index contributed by atoms with van der Waals surface area (Å²) in [4.78, 5) is 13.2. The smallest absolute Gasteiger partial charge is 0.307 e. The van der Waals surface area contributed by atoms with E-state index < -0.39 is 5.97 Å². The van der Waals surface area contributed by atoms with Gasteiger partial charge in [0.15, 0.2) is 0 Å². The minimum atomic E-state index is -0.695. The third kappa shape index (κ3) is 5.50. The van der Waals surface area contributed by atoms with E-state index in [-0.39, 0.29) is 5.92 Å². The maximum Gasteiger partial charge on any atom is 0.307 e. The van der Waals surface area contributed by atoms with Crippen LogP contribution in [0.2, 0.25) is 0 Å². The summed E-state index contributed by atoms with van der Waals surface area (Å²) in [6, 6.07) is 0.518. The number of carboxylic acids is 1. The highest BCUT2D eigenvalue weighted by molar-refractivity contribution is 5.69. The summed E-state index contributed by atoms with van der Waals surface area (Å²) < 4.78 is 0. The lowest BCUT2D eigenvalue weighted by Crippen LogP contribution is -2.41. The molecule has 0 aliphatic heterocycles. The lowest BCUT2D eigenvalue weighted by Gasteiger charge is -2.33. The van der Waals surface area contributed by atoms with Gasteiger partial charge in [-0.15, -0.1) is 0 Å². The molecule has 0 heterocycles. The summed E-state index contributed by atoms with van der Waals surface area (Å²) in [6.07, 6.45) is 2.19. The van der Waals surface area contributed by atoms with Gasteiger partial charge in [0.2, 0.25) is 0 Å². The van der Waals surface area contributed by atoms with Crippen LogP contribution >= 0.6 is 0 Å². The maximum atomic E-state index is 10.9. The fraction of sp³-hybridized carbons (Fsp3) is 0.923. The van der Waals surface area contributed by atoms with E-state index in [4.69, 9.17) is 5.11 Å². The van der Waals surface area contributed by atoms with Crippen LogP contribution in [0.1, 0.15) is 47.5 Å². The Morgan fingerprint density at radius 1 is 1.12 bits per heavy atom. The first-order valence-corrected chi connectivity index (χ1v) is 6.39. The van der Waals surface area contributed by atoms with Crippen molar-refractivity contribution in [1.82, 2.24) is 4.90 Å². The Hall–Kier alpha value is -0.570. The topological polar surface area (TPSA) is 40.5 Å². The SMILES string of the molecule is CCC(CC)N(CC(C)C)CC(C)C(=O)O. The van der Waals surface area contributed by atoms with Crippen molar-refractivity contribution >= 4 is 5.97 Å². The Balaban J connectivity index is 4.46. The summed E-state index contributed by atoms with van der Waals surface area (Å²) in [5, 5.41) is 8.97. The number of hydrogen-bond donors (Lipinski definition) is 1. The van der Waals surface area contributed by atoms with Crippen molar-refractivity contribution in [2.24, 2.45) is 11.8 Å². The monoisotopic (exact) mass is 229 g/mol. The first-order chi connectivity index (χ1) is 7.42. The fourth-order valence-electron chi connectivity index (χ4n) is 2.08. The molecule has 0 saturated heterocycles. The van der Waals surface area contributed by atoms with E-state index in [1.54, 1.807) is 6.92 Å². The molecule has 0 spiro atoms. The molecule has 0 aromatic carbocycles. The number of rotatable bonds is 8. The van der Waals surface area contributed by atoms with Gasteiger partial charge in [0.1, 0.15) is 0 Å². The second kappa shape index (κ2) is 7.66. The average molecular weight is 229 g/mol. The predicted octanol–water partition coefficient (Wildman–Crippen LogP) is 2.85. The molecule has 0 radical (unpaired) electrons. The van der Waals surface area contributed by atoms with Crippen LogP contribution in [0.5, 0.6) is 0 Å². The van der Waals surface area contributed by atoms with E-state index in [9.17, 15) is 4.79 Å². The van der Waals surface area contributed by atoms with E-state index >= 15 is 0 Å². The van der Waals surface area contributed by atoms with E-state index in [2.05, 4.69) is 32.6 Å². The lowest BCUT2D eigenvalue weighted by atomic mass is 10.0. The molecule has 0 fully saturated rings. The Labute approximate surface area is 99.8 Å². The van der Waals surface area contributed by atoms with E-state index in [1.807, 2.05) is 0 Å². The molecule has 0 amide bonds. The fourth-order valence-corrected chi connectivity index (χ4v) is 2.08. The van der Waals surface area contributed by atoms with Crippen LogP contribution in [0.25, 0.3) is 0 Å².